The molecule has 0 aromatic rings. The van der Waals surface area contributed by atoms with E-state index >= 15 is 0 Å². The van der Waals surface area contributed by atoms with E-state index in [2.05, 4.69) is 0 Å². The molecule has 0 saturated carbocycles. The third kappa shape index (κ3) is 4.56. The topological polar surface area (TPSA) is 48.0 Å². The van der Waals surface area contributed by atoms with Crippen molar-refractivity contribution in [1.82, 2.24) is 4.90 Å². The van der Waals surface area contributed by atoms with Gasteiger partial charge in [-0.1, -0.05) is 6.08 Å². The summed E-state index contributed by atoms with van der Waals surface area (Å²) in [6, 6.07) is -0.494. The molecule has 0 spiro atoms. The van der Waals surface area contributed by atoms with Crippen molar-refractivity contribution in [3.63, 3.8) is 0 Å². The fraction of sp³-hybridized carbons (Fsp3) is 0.833. The summed E-state index contributed by atoms with van der Waals surface area (Å²) in [6.07, 6.45) is 2.58. The molecule has 1 unspecified atom stereocenters. The van der Waals surface area contributed by atoms with Gasteiger partial charge in [-0.3, -0.25) is 4.90 Å². The van der Waals surface area contributed by atoms with Crippen LogP contribution < -0.4 is 0 Å². The van der Waals surface area contributed by atoms with Gasteiger partial charge in [0.1, 0.15) is 12.3 Å². The Morgan fingerprint density at radius 1 is 1.32 bits per heavy atom. The van der Waals surface area contributed by atoms with Crippen molar-refractivity contribution in [2.45, 2.75) is 84.2 Å². The monoisotopic (exact) mass is 355 g/mol. The molecule has 0 N–H and O–H groups in total. The van der Waals surface area contributed by atoms with Gasteiger partial charge in [-0.15, -0.1) is 0 Å². The lowest BCUT2D eigenvalue weighted by Crippen LogP contribution is -2.44. The summed E-state index contributed by atoms with van der Waals surface area (Å²) < 4.78 is 31.1. The van der Waals surface area contributed by atoms with Gasteiger partial charge in [-0.25, -0.2) is 9.18 Å². The van der Waals surface area contributed by atoms with Crippen LogP contribution in [0.4, 0.5) is 9.18 Å². The van der Waals surface area contributed by atoms with E-state index in [1.165, 1.54) is 4.90 Å². The summed E-state index contributed by atoms with van der Waals surface area (Å²) in [5.74, 6) is 0. The molecule has 0 aromatic carbocycles. The molecule has 1 fully saturated rings. The first-order chi connectivity index (χ1) is 11.4. The number of halogens is 1. The molecule has 5 nitrogen and oxygen atoms in total. The molecular weight excluding hydrogens is 324 g/mol. The highest BCUT2D eigenvalue weighted by atomic mass is 19.1. The second-order valence-electron chi connectivity index (χ2n) is 8.85. The average molecular weight is 355 g/mol. The predicted octanol–water partition coefficient (Wildman–Crippen LogP) is 3.91. The molecule has 7 heteroatoms. The number of nitrogens with zero attached hydrogens (tertiary/aromatic N) is 1. The second kappa shape index (κ2) is 6.91. The summed E-state index contributed by atoms with van der Waals surface area (Å²) in [5.41, 5.74) is -0.490. The highest BCUT2D eigenvalue weighted by molar-refractivity contribution is 6.54. The van der Waals surface area contributed by atoms with Crippen LogP contribution >= 0.6 is 0 Å². The van der Waals surface area contributed by atoms with Gasteiger partial charge in [0.05, 0.1) is 17.2 Å². The van der Waals surface area contributed by atoms with Crippen molar-refractivity contribution in [2.75, 3.05) is 13.2 Å². The van der Waals surface area contributed by atoms with Crippen LogP contribution in [0.25, 0.3) is 0 Å². The summed E-state index contributed by atoms with van der Waals surface area (Å²) >= 11 is 0. The maximum absolute atomic E-state index is 13.5. The van der Waals surface area contributed by atoms with E-state index in [-0.39, 0.29) is 0 Å². The first-order valence-corrected chi connectivity index (χ1v) is 8.96. The number of amides is 1. The molecule has 2 aliphatic rings. The van der Waals surface area contributed by atoms with Gasteiger partial charge in [0.15, 0.2) is 0 Å². The Morgan fingerprint density at radius 2 is 1.88 bits per heavy atom. The Morgan fingerprint density at radius 3 is 2.36 bits per heavy atom. The lowest BCUT2D eigenvalue weighted by Gasteiger charge is -2.32. The largest absolute Gasteiger partial charge is 0.490 e. The predicted molar refractivity (Wildman–Crippen MR) is 96.1 cm³/mol. The molecule has 142 valence electrons. The molecule has 25 heavy (non-hydrogen) atoms. The van der Waals surface area contributed by atoms with Crippen LogP contribution in [0, 0.1) is 0 Å². The van der Waals surface area contributed by atoms with Gasteiger partial charge < -0.3 is 14.0 Å². The highest BCUT2D eigenvalue weighted by Gasteiger charge is 2.52. The van der Waals surface area contributed by atoms with E-state index in [0.29, 0.717) is 19.4 Å². The van der Waals surface area contributed by atoms with Crippen LogP contribution in [-0.4, -0.2) is 54.2 Å². The van der Waals surface area contributed by atoms with Crippen molar-refractivity contribution < 1.29 is 23.2 Å². The molecule has 2 heterocycles. The van der Waals surface area contributed by atoms with Crippen molar-refractivity contribution in [3.05, 3.63) is 11.5 Å². The van der Waals surface area contributed by atoms with Crippen molar-refractivity contribution in [2.24, 2.45) is 0 Å². The van der Waals surface area contributed by atoms with E-state index in [9.17, 15) is 9.18 Å². The number of allylic oxidation sites excluding steroid dienone is 1. The van der Waals surface area contributed by atoms with Gasteiger partial charge in [-0.2, -0.15) is 0 Å². The second-order valence-corrected chi connectivity index (χ2v) is 8.85. The molecule has 1 atom stereocenters. The minimum atomic E-state index is -0.609. The lowest BCUT2D eigenvalue weighted by molar-refractivity contribution is 0.00578. The number of hydrogen-bond acceptors (Lipinski definition) is 4. The Kier molecular flexibility index (Phi) is 5.60. The van der Waals surface area contributed by atoms with Crippen LogP contribution in [0.1, 0.15) is 61.3 Å². The number of rotatable bonds is 2. The van der Waals surface area contributed by atoms with E-state index in [0.717, 1.165) is 5.47 Å². The highest BCUT2D eigenvalue weighted by Crippen LogP contribution is 2.39. The van der Waals surface area contributed by atoms with Crippen LogP contribution in [0.5, 0.6) is 0 Å². The minimum absolute atomic E-state index is 0.295. The van der Waals surface area contributed by atoms with E-state index < -0.39 is 42.7 Å². The van der Waals surface area contributed by atoms with Crippen LogP contribution in [0.2, 0.25) is 0 Å². The standard InChI is InChI=1S/C18H31BFNO4/c1-16(2,3)23-15(22)21-11-10-13(8-9-14(21)12-20)19-24-17(4,5)18(6,7)25-19/h10,14H,8-9,11-12H2,1-7H3. The molecular formula is C18H31BFNO4. The van der Waals surface area contributed by atoms with E-state index in [1.807, 2.05) is 33.8 Å². The SMILES string of the molecule is CC(C)(C)OC(=O)N1CC=C(B2OC(C)(C)C(C)(C)O2)CCC1CF. The molecule has 0 aromatic heterocycles. The van der Waals surface area contributed by atoms with Crippen LogP contribution in [-0.2, 0) is 14.0 Å². The van der Waals surface area contributed by atoms with E-state index in [1.54, 1.807) is 20.8 Å². The fourth-order valence-electron chi connectivity index (χ4n) is 2.87. The van der Waals surface area contributed by atoms with Crippen molar-refractivity contribution >= 4 is 13.2 Å². The zero-order valence-electron chi connectivity index (χ0n) is 16.5. The smallest absolute Gasteiger partial charge is 0.444 e. The maximum Gasteiger partial charge on any atom is 0.490 e. The first-order valence-electron chi connectivity index (χ1n) is 8.96. The molecule has 2 aliphatic heterocycles. The Balaban J connectivity index is 2.14. The summed E-state index contributed by atoms with van der Waals surface area (Å²) in [5, 5.41) is 0. The molecule has 1 amide bonds. The normalized spacial score (nSPS) is 26.2. The molecule has 0 bridgehead atoms. The van der Waals surface area contributed by atoms with Gasteiger partial charge in [0.2, 0.25) is 0 Å². The number of carbonyl (C=O) groups is 1. The number of hydrogen-bond donors (Lipinski definition) is 0. The molecule has 0 radical (unpaired) electrons. The van der Waals surface area contributed by atoms with Crippen molar-refractivity contribution in [1.29, 1.82) is 0 Å². The number of alkyl halides is 1. The Labute approximate surface area is 151 Å². The van der Waals surface area contributed by atoms with Gasteiger partial charge in [0.25, 0.3) is 0 Å². The van der Waals surface area contributed by atoms with Gasteiger partial charge >= 0.3 is 13.2 Å². The fourth-order valence-corrected chi connectivity index (χ4v) is 2.87. The van der Waals surface area contributed by atoms with E-state index in [4.69, 9.17) is 14.0 Å². The van der Waals surface area contributed by atoms with Gasteiger partial charge in [0, 0.05) is 6.54 Å². The summed E-state index contributed by atoms with van der Waals surface area (Å²) in [4.78, 5) is 13.9. The lowest BCUT2D eigenvalue weighted by atomic mass is 9.75. The average Bonchev–Trinajstić information content (AvgIpc) is 2.62. The zero-order chi connectivity index (χ0) is 19.0. The maximum atomic E-state index is 13.5. The zero-order valence-corrected chi connectivity index (χ0v) is 16.5. The molecule has 2 rings (SSSR count). The summed E-state index contributed by atoms with van der Waals surface area (Å²) in [7, 11) is -0.455. The summed E-state index contributed by atoms with van der Waals surface area (Å²) in [6.45, 7) is 13.1. The van der Waals surface area contributed by atoms with Gasteiger partial charge in [-0.05, 0) is 66.8 Å². The van der Waals surface area contributed by atoms with Crippen LogP contribution in [0.3, 0.4) is 0 Å². The third-order valence-corrected chi connectivity index (χ3v) is 5.12. The Bertz CT molecular complexity index is 526. The molecule has 1 saturated heterocycles. The third-order valence-electron chi connectivity index (χ3n) is 5.12. The van der Waals surface area contributed by atoms with Crippen molar-refractivity contribution in [3.8, 4) is 0 Å². The minimum Gasteiger partial charge on any atom is -0.444 e. The number of carbonyl (C=O) groups excluding carboxylic acids is 1. The first kappa shape index (κ1) is 20.2. The Hall–Kier alpha value is -1.08. The van der Waals surface area contributed by atoms with Crippen LogP contribution in [0.15, 0.2) is 11.5 Å². The number of ether oxygens (including phenoxy) is 1. The molecule has 0 aliphatic carbocycles. The quantitative estimate of drug-likeness (QED) is 0.705.